The normalized spacial score (nSPS) is 10.5. The monoisotopic (exact) mass is 295 g/mol. The van der Waals surface area contributed by atoms with E-state index in [-0.39, 0.29) is 0 Å². The Kier molecular flexibility index (Phi) is 5.03. The van der Waals surface area contributed by atoms with Gasteiger partial charge in [0.1, 0.15) is 0 Å². The second-order valence-corrected chi connectivity index (χ2v) is 4.72. The van der Waals surface area contributed by atoms with Crippen LogP contribution in [-0.2, 0) is 9.63 Å². The number of benzene rings is 2. The van der Waals surface area contributed by atoms with Gasteiger partial charge in [-0.05, 0) is 23.3 Å². The molecule has 0 spiro atoms. The molecule has 0 saturated heterocycles. The highest BCUT2D eigenvalue weighted by molar-refractivity contribution is 6.25. The highest BCUT2D eigenvalue weighted by atomic mass is 16.7. The molecule has 1 radical (unpaired) electrons. The molecule has 5 nitrogen and oxygen atoms in total. The fraction of sp³-hybridized carbons (Fsp3) is 0.118. The maximum absolute atomic E-state index is 11.8. The smallest absolute Gasteiger partial charge is 0.343 e. The van der Waals surface area contributed by atoms with Crippen LogP contribution in [-0.4, -0.2) is 37.1 Å². The van der Waals surface area contributed by atoms with Gasteiger partial charge < -0.3 is 9.74 Å². The summed E-state index contributed by atoms with van der Waals surface area (Å²) in [5.74, 6) is -1.12. The second kappa shape index (κ2) is 7.17. The van der Waals surface area contributed by atoms with Gasteiger partial charge >= 0.3 is 5.97 Å². The first-order chi connectivity index (χ1) is 10.6. The molecule has 2 aromatic rings. The first-order valence-corrected chi connectivity index (χ1v) is 6.62. The van der Waals surface area contributed by atoms with Crippen LogP contribution in [0.2, 0.25) is 0 Å². The summed E-state index contributed by atoms with van der Waals surface area (Å²) in [6, 6.07) is 16.8. The van der Waals surface area contributed by atoms with Crippen molar-refractivity contribution in [3.8, 4) is 11.1 Å². The Hall–Kier alpha value is -2.95. The van der Waals surface area contributed by atoms with E-state index in [0.29, 0.717) is 5.56 Å². The Morgan fingerprint density at radius 1 is 0.955 bits per heavy atom. The van der Waals surface area contributed by atoms with Crippen molar-refractivity contribution in [1.82, 2.24) is 4.90 Å². The third kappa shape index (κ3) is 4.02. The number of nitrogens with zero attached hydrogens (tertiary/aromatic N) is 2. The summed E-state index contributed by atoms with van der Waals surface area (Å²) in [5.41, 5.74) is 2.41. The fourth-order valence-electron chi connectivity index (χ4n) is 1.69. The molecule has 111 valence electrons. The van der Waals surface area contributed by atoms with Crippen molar-refractivity contribution < 1.29 is 14.4 Å². The Bertz CT molecular complexity index is 677. The van der Waals surface area contributed by atoms with E-state index in [2.05, 4.69) is 16.2 Å². The quantitative estimate of drug-likeness (QED) is 0.494. The van der Waals surface area contributed by atoms with Crippen LogP contribution in [0.25, 0.3) is 11.1 Å². The molecule has 0 fully saturated rings. The third-order valence-electron chi connectivity index (χ3n) is 2.90. The van der Waals surface area contributed by atoms with Gasteiger partial charge in [-0.25, -0.2) is 4.79 Å². The van der Waals surface area contributed by atoms with Crippen LogP contribution in [0.1, 0.15) is 10.4 Å². The lowest BCUT2D eigenvalue weighted by molar-refractivity contribution is -0.121. The summed E-state index contributed by atoms with van der Waals surface area (Å²) in [6.45, 7) is 0. The Balaban J connectivity index is 2.01. The number of hydrogen-bond donors (Lipinski definition) is 0. The summed E-state index contributed by atoms with van der Waals surface area (Å²) in [7, 11) is 3.10. The molecule has 0 atom stereocenters. The van der Waals surface area contributed by atoms with Crippen LogP contribution in [0.4, 0.5) is 0 Å². The van der Waals surface area contributed by atoms with Gasteiger partial charge in [-0.2, -0.15) is 0 Å². The van der Waals surface area contributed by atoms with E-state index < -0.39 is 11.9 Å². The number of amides is 1. The average Bonchev–Trinajstić information content (AvgIpc) is 2.55. The summed E-state index contributed by atoms with van der Waals surface area (Å²) in [5, 5.41) is 3.26. The van der Waals surface area contributed by atoms with Crippen molar-refractivity contribution in [2.24, 2.45) is 5.16 Å². The van der Waals surface area contributed by atoms with Crippen molar-refractivity contribution >= 4 is 18.1 Å². The SMILES string of the molecule is CN(C)C(=O)/[C]=N\OC(=O)c1ccc(-c2ccccc2)cc1. The molecule has 1 amide bonds. The van der Waals surface area contributed by atoms with Crippen LogP contribution < -0.4 is 0 Å². The van der Waals surface area contributed by atoms with E-state index in [1.807, 2.05) is 42.5 Å². The van der Waals surface area contributed by atoms with Gasteiger partial charge in [-0.3, -0.25) is 4.79 Å². The minimum atomic E-state index is -0.640. The predicted octanol–water partition coefficient (Wildman–Crippen LogP) is 2.46. The number of carbonyl (C=O) groups is 2. The van der Waals surface area contributed by atoms with Crippen LogP contribution in [0.3, 0.4) is 0 Å². The van der Waals surface area contributed by atoms with Gasteiger partial charge in [-0.15, -0.1) is 0 Å². The Morgan fingerprint density at radius 2 is 1.55 bits per heavy atom. The molecule has 5 heteroatoms. The highest BCUT2D eigenvalue weighted by Crippen LogP contribution is 2.19. The maximum Gasteiger partial charge on any atom is 0.365 e. The largest absolute Gasteiger partial charge is 0.365 e. The molecule has 0 heterocycles. The molecule has 0 aromatic heterocycles. The first kappa shape index (κ1) is 15.4. The number of carbonyl (C=O) groups excluding carboxylic acids is 2. The summed E-state index contributed by atoms with van der Waals surface area (Å²) in [4.78, 5) is 28.8. The van der Waals surface area contributed by atoms with E-state index in [1.54, 1.807) is 26.2 Å². The molecule has 0 bridgehead atoms. The fourth-order valence-corrected chi connectivity index (χ4v) is 1.69. The highest BCUT2D eigenvalue weighted by Gasteiger charge is 2.08. The van der Waals surface area contributed by atoms with Crippen molar-refractivity contribution in [2.75, 3.05) is 14.1 Å². The van der Waals surface area contributed by atoms with Gasteiger partial charge in [0.2, 0.25) is 6.21 Å². The third-order valence-corrected chi connectivity index (χ3v) is 2.90. The summed E-state index contributed by atoms with van der Waals surface area (Å²) < 4.78 is 0. The van der Waals surface area contributed by atoms with E-state index in [0.717, 1.165) is 11.1 Å². The van der Waals surface area contributed by atoms with Gasteiger partial charge in [0.05, 0.1) is 5.56 Å². The van der Waals surface area contributed by atoms with Gasteiger partial charge in [0.15, 0.2) is 0 Å². The molecule has 0 aliphatic carbocycles. The van der Waals surface area contributed by atoms with Gasteiger partial charge in [0, 0.05) is 14.1 Å². The Labute approximate surface area is 128 Å². The molecule has 0 aliphatic heterocycles. The summed E-state index contributed by atoms with van der Waals surface area (Å²) in [6.07, 6.45) is 2.09. The molecular formula is C17H15N2O3. The van der Waals surface area contributed by atoms with E-state index in [1.165, 1.54) is 4.90 Å². The second-order valence-electron chi connectivity index (χ2n) is 4.72. The average molecular weight is 295 g/mol. The molecular weight excluding hydrogens is 280 g/mol. The predicted molar refractivity (Wildman–Crippen MR) is 83.4 cm³/mol. The van der Waals surface area contributed by atoms with Crippen molar-refractivity contribution in [2.45, 2.75) is 0 Å². The lowest BCUT2D eigenvalue weighted by atomic mass is 10.0. The topological polar surface area (TPSA) is 59.0 Å². The molecule has 22 heavy (non-hydrogen) atoms. The number of hydrogen-bond acceptors (Lipinski definition) is 4. The van der Waals surface area contributed by atoms with Gasteiger partial charge in [0.25, 0.3) is 5.91 Å². The summed E-state index contributed by atoms with van der Waals surface area (Å²) >= 11 is 0. The molecule has 0 N–H and O–H groups in total. The van der Waals surface area contributed by atoms with Gasteiger partial charge in [-0.1, -0.05) is 47.6 Å². The van der Waals surface area contributed by atoms with Crippen LogP contribution in [0.15, 0.2) is 59.8 Å². The minimum absolute atomic E-state index is 0.350. The van der Waals surface area contributed by atoms with Crippen LogP contribution in [0.5, 0.6) is 0 Å². The minimum Gasteiger partial charge on any atom is -0.343 e. The molecule has 0 unspecified atom stereocenters. The zero-order chi connectivity index (χ0) is 15.9. The van der Waals surface area contributed by atoms with E-state index in [4.69, 9.17) is 0 Å². The first-order valence-electron chi connectivity index (χ1n) is 6.62. The lowest BCUT2D eigenvalue weighted by Gasteiger charge is -2.04. The number of rotatable bonds is 4. The van der Waals surface area contributed by atoms with E-state index in [9.17, 15) is 9.59 Å². The van der Waals surface area contributed by atoms with Crippen LogP contribution >= 0.6 is 0 Å². The van der Waals surface area contributed by atoms with Crippen molar-refractivity contribution in [3.63, 3.8) is 0 Å². The zero-order valence-corrected chi connectivity index (χ0v) is 12.3. The maximum atomic E-state index is 11.8. The van der Waals surface area contributed by atoms with Crippen molar-refractivity contribution in [1.29, 1.82) is 0 Å². The molecule has 2 aromatic carbocycles. The van der Waals surface area contributed by atoms with Crippen LogP contribution in [0, 0.1) is 0 Å². The molecule has 0 saturated carbocycles. The van der Waals surface area contributed by atoms with E-state index >= 15 is 0 Å². The standard InChI is InChI=1S/C17H15N2O3/c1-19(2)16(20)12-18-22-17(21)15-10-8-14(9-11-15)13-6-4-3-5-7-13/h3-11H,1-2H3. The van der Waals surface area contributed by atoms with Crippen molar-refractivity contribution in [3.05, 3.63) is 60.2 Å². The molecule has 0 aliphatic rings. The lowest BCUT2D eigenvalue weighted by Crippen LogP contribution is -2.22. The Morgan fingerprint density at radius 3 is 2.14 bits per heavy atom. The molecule has 2 rings (SSSR count). The zero-order valence-electron chi connectivity index (χ0n) is 12.3.